The first-order valence-electron chi connectivity index (χ1n) is 13.2. The van der Waals surface area contributed by atoms with Gasteiger partial charge in [0.1, 0.15) is 12.6 Å². The number of halogens is 2. The standard InChI is InChI=1S/C30H35Cl2N3O4S/c1-5-22(4)33-30(37)28(6-2)34(19-23-12-10-11-15-26(23)31)29(36)20-35(24-17-16-21(3)27(32)18-24)40(38,39)25-13-8-7-9-14-25/h7-18,22,28H,5-6,19-20H2,1-4H3,(H,33,37)/t22-,28-/m0/s1. The lowest BCUT2D eigenvalue weighted by Gasteiger charge is -2.34. The van der Waals surface area contributed by atoms with Crippen molar-refractivity contribution in [2.75, 3.05) is 10.8 Å². The Bertz CT molecular complexity index is 1430. The fraction of sp³-hybridized carbons (Fsp3) is 0.333. The number of aryl methyl sites for hydroxylation is 1. The zero-order valence-electron chi connectivity index (χ0n) is 23.1. The summed E-state index contributed by atoms with van der Waals surface area (Å²) in [6.45, 7) is 6.94. The molecule has 0 aliphatic rings. The monoisotopic (exact) mass is 603 g/mol. The zero-order valence-corrected chi connectivity index (χ0v) is 25.4. The van der Waals surface area contributed by atoms with Crippen molar-refractivity contribution in [2.45, 2.75) is 64.1 Å². The highest BCUT2D eigenvalue weighted by Gasteiger charge is 2.34. The zero-order chi connectivity index (χ0) is 29.4. The van der Waals surface area contributed by atoms with Crippen LogP contribution in [0.2, 0.25) is 10.0 Å². The van der Waals surface area contributed by atoms with Crippen LogP contribution < -0.4 is 9.62 Å². The molecule has 0 aliphatic heterocycles. The number of rotatable bonds is 12. The maximum Gasteiger partial charge on any atom is 0.264 e. The highest BCUT2D eigenvalue weighted by molar-refractivity contribution is 7.92. The molecular formula is C30H35Cl2N3O4S. The lowest BCUT2D eigenvalue weighted by Crippen LogP contribution is -2.53. The number of nitrogens with one attached hydrogen (secondary N) is 1. The molecule has 214 valence electrons. The molecule has 0 spiro atoms. The summed E-state index contributed by atoms with van der Waals surface area (Å²) in [6, 6.07) is 18.8. The van der Waals surface area contributed by atoms with E-state index in [4.69, 9.17) is 23.2 Å². The van der Waals surface area contributed by atoms with E-state index < -0.39 is 28.5 Å². The summed E-state index contributed by atoms with van der Waals surface area (Å²) >= 11 is 12.8. The Labute approximate surface area is 247 Å². The van der Waals surface area contributed by atoms with E-state index in [1.54, 1.807) is 61.5 Å². The van der Waals surface area contributed by atoms with Gasteiger partial charge in [0.15, 0.2) is 0 Å². The maximum atomic E-state index is 14.1. The summed E-state index contributed by atoms with van der Waals surface area (Å²) in [4.78, 5) is 28.9. The molecule has 1 N–H and O–H groups in total. The summed E-state index contributed by atoms with van der Waals surface area (Å²) < 4.78 is 28.8. The van der Waals surface area contributed by atoms with Crippen LogP contribution in [0.5, 0.6) is 0 Å². The van der Waals surface area contributed by atoms with E-state index in [9.17, 15) is 18.0 Å². The van der Waals surface area contributed by atoms with Gasteiger partial charge in [-0.3, -0.25) is 13.9 Å². The van der Waals surface area contributed by atoms with Gasteiger partial charge in [-0.05, 0) is 68.1 Å². The number of carbonyl (C=O) groups excluding carboxylic acids is 2. The molecule has 2 amide bonds. The number of anilines is 1. The molecule has 0 bridgehead atoms. The Morgan fingerprint density at radius 3 is 2.15 bits per heavy atom. The summed E-state index contributed by atoms with van der Waals surface area (Å²) in [5.74, 6) is -0.865. The molecule has 0 aliphatic carbocycles. The minimum Gasteiger partial charge on any atom is -0.352 e. The lowest BCUT2D eigenvalue weighted by molar-refractivity contribution is -0.140. The van der Waals surface area contributed by atoms with Gasteiger partial charge in [-0.1, -0.05) is 79.5 Å². The van der Waals surface area contributed by atoms with Crippen molar-refractivity contribution < 1.29 is 18.0 Å². The van der Waals surface area contributed by atoms with E-state index >= 15 is 0 Å². The minimum absolute atomic E-state index is 0.0266. The van der Waals surface area contributed by atoms with Gasteiger partial charge in [0.2, 0.25) is 11.8 Å². The number of carbonyl (C=O) groups is 2. The number of nitrogens with zero attached hydrogens (tertiary/aromatic N) is 2. The Morgan fingerprint density at radius 1 is 0.900 bits per heavy atom. The number of sulfonamides is 1. The molecule has 3 aromatic rings. The second-order valence-corrected chi connectivity index (χ2v) is 12.3. The van der Waals surface area contributed by atoms with E-state index in [1.807, 2.05) is 20.8 Å². The van der Waals surface area contributed by atoms with E-state index in [2.05, 4.69) is 5.32 Å². The van der Waals surface area contributed by atoms with Crippen LogP contribution in [0.15, 0.2) is 77.7 Å². The Kier molecular flexibility index (Phi) is 11.0. The van der Waals surface area contributed by atoms with Gasteiger partial charge in [0, 0.05) is 22.6 Å². The molecule has 40 heavy (non-hydrogen) atoms. The minimum atomic E-state index is -4.17. The predicted molar refractivity (Wildman–Crippen MR) is 161 cm³/mol. The first-order valence-corrected chi connectivity index (χ1v) is 15.4. The average molecular weight is 605 g/mol. The van der Waals surface area contributed by atoms with Crippen LogP contribution in [0.1, 0.15) is 44.7 Å². The van der Waals surface area contributed by atoms with Gasteiger partial charge in [-0.2, -0.15) is 0 Å². The van der Waals surface area contributed by atoms with Crippen molar-refractivity contribution in [3.05, 3.63) is 94.0 Å². The molecule has 0 unspecified atom stereocenters. The second-order valence-electron chi connectivity index (χ2n) is 9.61. The highest BCUT2D eigenvalue weighted by Crippen LogP contribution is 2.29. The molecule has 0 fully saturated rings. The summed E-state index contributed by atoms with van der Waals surface area (Å²) in [5.41, 5.74) is 1.65. The van der Waals surface area contributed by atoms with Crippen molar-refractivity contribution in [2.24, 2.45) is 0 Å². The van der Waals surface area contributed by atoms with Crippen molar-refractivity contribution in [3.63, 3.8) is 0 Å². The summed E-state index contributed by atoms with van der Waals surface area (Å²) in [5, 5.41) is 3.76. The molecule has 2 atom stereocenters. The molecule has 0 saturated heterocycles. The van der Waals surface area contributed by atoms with E-state index in [1.165, 1.54) is 23.1 Å². The number of hydrogen-bond donors (Lipinski definition) is 1. The normalized spacial score (nSPS) is 12.8. The van der Waals surface area contributed by atoms with Crippen LogP contribution in [0, 0.1) is 6.92 Å². The molecular weight excluding hydrogens is 569 g/mol. The third-order valence-corrected chi connectivity index (χ3v) is 9.30. The molecule has 3 rings (SSSR count). The van der Waals surface area contributed by atoms with Crippen molar-refractivity contribution in [3.8, 4) is 0 Å². The van der Waals surface area contributed by atoms with Crippen molar-refractivity contribution in [1.82, 2.24) is 10.2 Å². The molecule has 0 radical (unpaired) electrons. The molecule has 10 heteroatoms. The number of amides is 2. The van der Waals surface area contributed by atoms with Gasteiger partial charge < -0.3 is 10.2 Å². The van der Waals surface area contributed by atoms with E-state index in [0.717, 1.165) is 16.3 Å². The van der Waals surface area contributed by atoms with Gasteiger partial charge in [-0.25, -0.2) is 8.42 Å². The smallest absolute Gasteiger partial charge is 0.264 e. The Morgan fingerprint density at radius 2 is 1.55 bits per heavy atom. The van der Waals surface area contributed by atoms with Crippen LogP contribution in [-0.4, -0.2) is 43.8 Å². The first-order chi connectivity index (χ1) is 19.0. The van der Waals surface area contributed by atoms with E-state index in [0.29, 0.717) is 22.0 Å². The molecule has 0 heterocycles. The summed E-state index contributed by atoms with van der Waals surface area (Å²) in [6.07, 6.45) is 1.04. The molecule has 0 saturated carbocycles. The maximum absolute atomic E-state index is 14.1. The predicted octanol–water partition coefficient (Wildman–Crippen LogP) is 6.22. The van der Waals surface area contributed by atoms with Crippen molar-refractivity contribution >= 4 is 50.7 Å². The van der Waals surface area contributed by atoms with Crippen LogP contribution in [0.4, 0.5) is 5.69 Å². The lowest BCUT2D eigenvalue weighted by atomic mass is 10.1. The van der Waals surface area contributed by atoms with Crippen LogP contribution in [0.25, 0.3) is 0 Å². The third-order valence-electron chi connectivity index (χ3n) is 6.74. The second kappa shape index (κ2) is 14.0. The number of benzene rings is 3. The molecule has 3 aromatic carbocycles. The Hall–Kier alpha value is -3.07. The van der Waals surface area contributed by atoms with Gasteiger partial charge >= 0.3 is 0 Å². The van der Waals surface area contributed by atoms with Crippen LogP contribution in [0.3, 0.4) is 0 Å². The van der Waals surface area contributed by atoms with Crippen LogP contribution >= 0.6 is 23.2 Å². The first kappa shape index (κ1) is 31.5. The van der Waals surface area contributed by atoms with Gasteiger partial charge in [0.25, 0.3) is 10.0 Å². The van der Waals surface area contributed by atoms with Crippen molar-refractivity contribution in [1.29, 1.82) is 0 Å². The fourth-order valence-corrected chi connectivity index (χ4v) is 5.95. The average Bonchev–Trinajstić information content (AvgIpc) is 2.94. The van der Waals surface area contributed by atoms with E-state index in [-0.39, 0.29) is 29.1 Å². The van der Waals surface area contributed by atoms with Gasteiger partial charge in [-0.15, -0.1) is 0 Å². The third kappa shape index (κ3) is 7.56. The SMILES string of the molecule is CC[C@H](C)NC(=O)[C@H](CC)N(Cc1ccccc1Cl)C(=O)CN(c1ccc(C)c(Cl)c1)S(=O)(=O)c1ccccc1. The quantitative estimate of drug-likeness (QED) is 0.266. The summed E-state index contributed by atoms with van der Waals surface area (Å²) in [7, 11) is -4.17. The molecule has 0 aromatic heterocycles. The fourth-order valence-electron chi connectivity index (χ4n) is 4.16. The number of hydrogen-bond acceptors (Lipinski definition) is 4. The largest absolute Gasteiger partial charge is 0.352 e. The Balaban J connectivity index is 2.08. The van der Waals surface area contributed by atoms with Crippen LogP contribution in [-0.2, 0) is 26.2 Å². The van der Waals surface area contributed by atoms with Gasteiger partial charge in [0.05, 0.1) is 10.6 Å². The molecule has 7 nitrogen and oxygen atoms in total. The highest BCUT2D eigenvalue weighted by atomic mass is 35.5. The topological polar surface area (TPSA) is 86.8 Å².